The van der Waals surface area contributed by atoms with Crippen molar-refractivity contribution in [1.82, 2.24) is 14.8 Å². The number of nitrogens with zero attached hydrogens (tertiary/aromatic N) is 3. The molecule has 112 valence electrons. The van der Waals surface area contributed by atoms with Gasteiger partial charge in [0.05, 0.1) is 6.54 Å². The zero-order valence-corrected chi connectivity index (χ0v) is 12.4. The highest BCUT2D eigenvalue weighted by atomic mass is 16.6. The number of ether oxygens (including phenoxy) is 2. The lowest BCUT2D eigenvalue weighted by Gasteiger charge is -2.19. The highest BCUT2D eigenvalue weighted by Crippen LogP contribution is 2.32. The fourth-order valence-corrected chi connectivity index (χ4v) is 2.26. The van der Waals surface area contributed by atoms with Crippen LogP contribution in [0.1, 0.15) is 19.7 Å². The van der Waals surface area contributed by atoms with Crippen molar-refractivity contribution >= 4 is 5.69 Å². The lowest BCUT2D eigenvalue weighted by Crippen LogP contribution is -2.16. The standard InChI is InChI=1S/C15H20N4O2/c1-11(2)9-19-15(17-10-18-19)8-16-12-3-4-13-14(7-12)21-6-5-20-13/h3-4,7,10-11,16H,5-6,8-9H2,1-2H3. The van der Waals surface area contributed by atoms with Gasteiger partial charge in [0.25, 0.3) is 0 Å². The van der Waals surface area contributed by atoms with Gasteiger partial charge < -0.3 is 14.8 Å². The van der Waals surface area contributed by atoms with Gasteiger partial charge in [-0.2, -0.15) is 5.10 Å². The molecule has 6 nitrogen and oxygen atoms in total. The Morgan fingerprint density at radius 2 is 2.05 bits per heavy atom. The summed E-state index contributed by atoms with van der Waals surface area (Å²) in [5.74, 6) is 3.06. The fourth-order valence-electron chi connectivity index (χ4n) is 2.26. The van der Waals surface area contributed by atoms with Crippen molar-refractivity contribution in [3.8, 4) is 11.5 Å². The van der Waals surface area contributed by atoms with Crippen molar-refractivity contribution in [2.75, 3.05) is 18.5 Å². The minimum atomic E-state index is 0.541. The molecule has 6 heteroatoms. The molecule has 1 N–H and O–H groups in total. The zero-order valence-electron chi connectivity index (χ0n) is 12.4. The van der Waals surface area contributed by atoms with Crippen LogP contribution >= 0.6 is 0 Å². The molecule has 0 aliphatic carbocycles. The average Bonchev–Trinajstić information content (AvgIpc) is 2.91. The number of fused-ring (bicyclic) bond motifs is 1. The smallest absolute Gasteiger partial charge is 0.163 e. The summed E-state index contributed by atoms with van der Waals surface area (Å²) >= 11 is 0. The quantitative estimate of drug-likeness (QED) is 0.915. The molecule has 1 aliphatic rings. The van der Waals surface area contributed by atoms with E-state index in [1.807, 2.05) is 22.9 Å². The van der Waals surface area contributed by atoms with Crippen molar-refractivity contribution in [3.63, 3.8) is 0 Å². The van der Waals surface area contributed by atoms with E-state index in [9.17, 15) is 0 Å². The van der Waals surface area contributed by atoms with Gasteiger partial charge in [0, 0.05) is 18.3 Å². The second kappa shape index (κ2) is 6.03. The summed E-state index contributed by atoms with van der Waals surface area (Å²) in [6.07, 6.45) is 1.60. The molecule has 1 aromatic heterocycles. The second-order valence-electron chi connectivity index (χ2n) is 5.46. The SMILES string of the molecule is CC(C)Cn1ncnc1CNc1ccc2c(c1)OCCO2. The van der Waals surface area contributed by atoms with Gasteiger partial charge in [0.15, 0.2) is 11.5 Å². The number of benzene rings is 1. The molecule has 1 aromatic carbocycles. The molecule has 0 fully saturated rings. The Morgan fingerprint density at radius 1 is 1.24 bits per heavy atom. The topological polar surface area (TPSA) is 61.2 Å². The number of hydrogen-bond donors (Lipinski definition) is 1. The Morgan fingerprint density at radius 3 is 2.86 bits per heavy atom. The van der Waals surface area contributed by atoms with Crippen molar-refractivity contribution in [3.05, 3.63) is 30.4 Å². The summed E-state index contributed by atoms with van der Waals surface area (Å²) in [5.41, 5.74) is 0.985. The Kier molecular flexibility index (Phi) is 3.94. The molecule has 2 aromatic rings. The number of rotatable bonds is 5. The van der Waals surface area contributed by atoms with Gasteiger partial charge in [0.2, 0.25) is 0 Å². The van der Waals surface area contributed by atoms with E-state index in [1.165, 1.54) is 0 Å². The van der Waals surface area contributed by atoms with Gasteiger partial charge in [-0.05, 0) is 18.1 Å². The molecule has 0 amide bonds. The van der Waals surface area contributed by atoms with E-state index in [-0.39, 0.29) is 0 Å². The first-order chi connectivity index (χ1) is 10.2. The minimum Gasteiger partial charge on any atom is -0.486 e. The molecule has 1 aliphatic heterocycles. The van der Waals surface area contributed by atoms with Crippen LogP contribution < -0.4 is 14.8 Å². The molecular formula is C15H20N4O2. The largest absolute Gasteiger partial charge is 0.486 e. The van der Waals surface area contributed by atoms with Crippen molar-refractivity contribution in [2.24, 2.45) is 5.92 Å². The van der Waals surface area contributed by atoms with E-state index >= 15 is 0 Å². The molecule has 2 heterocycles. The number of aromatic nitrogens is 3. The van der Waals surface area contributed by atoms with Crippen LogP contribution in [0.25, 0.3) is 0 Å². The summed E-state index contributed by atoms with van der Waals surface area (Å²) in [6, 6.07) is 5.87. The van der Waals surface area contributed by atoms with Crippen molar-refractivity contribution in [2.45, 2.75) is 26.9 Å². The normalized spacial score (nSPS) is 13.5. The molecule has 0 saturated carbocycles. The number of hydrogen-bond acceptors (Lipinski definition) is 5. The van der Waals surface area contributed by atoms with E-state index < -0.39 is 0 Å². The van der Waals surface area contributed by atoms with Crippen LogP contribution in [0.2, 0.25) is 0 Å². The van der Waals surface area contributed by atoms with Crippen LogP contribution in [-0.2, 0) is 13.1 Å². The molecular weight excluding hydrogens is 268 g/mol. The molecule has 0 radical (unpaired) electrons. The number of anilines is 1. The van der Waals surface area contributed by atoms with Gasteiger partial charge in [-0.1, -0.05) is 13.8 Å². The molecule has 0 atom stereocenters. The van der Waals surface area contributed by atoms with E-state index in [2.05, 4.69) is 29.2 Å². The van der Waals surface area contributed by atoms with Gasteiger partial charge in [0.1, 0.15) is 25.4 Å². The lowest BCUT2D eigenvalue weighted by molar-refractivity contribution is 0.171. The first-order valence-electron chi connectivity index (χ1n) is 7.22. The fraction of sp³-hybridized carbons (Fsp3) is 0.467. The third-order valence-corrected chi connectivity index (χ3v) is 3.23. The molecule has 0 saturated heterocycles. The molecule has 3 rings (SSSR count). The van der Waals surface area contributed by atoms with E-state index in [0.29, 0.717) is 25.7 Å². The van der Waals surface area contributed by atoms with Crippen LogP contribution in [0.3, 0.4) is 0 Å². The Hall–Kier alpha value is -2.24. The van der Waals surface area contributed by atoms with E-state index in [4.69, 9.17) is 9.47 Å². The molecule has 0 unspecified atom stereocenters. The van der Waals surface area contributed by atoms with Crippen LogP contribution in [0, 0.1) is 5.92 Å². The van der Waals surface area contributed by atoms with Gasteiger partial charge in [-0.25, -0.2) is 9.67 Å². The Bertz CT molecular complexity index is 609. The monoisotopic (exact) mass is 288 g/mol. The minimum absolute atomic E-state index is 0.541. The van der Waals surface area contributed by atoms with Crippen LogP contribution in [0.5, 0.6) is 11.5 Å². The highest BCUT2D eigenvalue weighted by Gasteiger charge is 2.12. The van der Waals surface area contributed by atoms with E-state index in [1.54, 1.807) is 6.33 Å². The predicted octanol–water partition coefficient (Wildman–Crippen LogP) is 2.32. The van der Waals surface area contributed by atoms with Gasteiger partial charge >= 0.3 is 0 Å². The maximum absolute atomic E-state index is 5.58. The molecule has 0 spiro atoms. The third kappa shape index (κ3) is 3.26. The van der Waals surface area contributed by atoms with Crippen molar-refractivity contribution in [1.29, 1.82) is 0 Å². The number of nitrogens with one attached hydrogen (secondary N) is 1. The molecule has 0 bridgehead atoms. The van der Waals surface area contributed by atoms with Gasteiger partial charge in [-0.15, -0.1) is 0 Å². The maximum Gasteiger partial charge on any atom is 0.163 e. The van der Waals surface area contributed by atoms with Crippen LogP contribution in [0.4, 0.5) is 5.69 Å². The predicted molar refractivity (Wildman–Crippen MR) is 79.6 cm³/mol. The van der Waals surface area contributed by atoms with Crippen LogP contribution in [-0.4, -0.2) is 28.0 Å². The van der Waals surface area contributed by atoms with E-state index in [0.717, 1.165) is 29.6 Å². The Labute approximate surface area is 124 Å². The summed E-state index contributed by atoms with van der Waals surface area (Å²) in [7, 11) is 0. The van der Waals surface area contributed by atoms with Crippen LogP contribution in [0.15, 0.2) is 24.5 Å². The van der Waals surface area contributed by atoms with Crippen molar-refractivity contribution < 1.29 is 9.47 Å². The molecule has 21 heavy (non-hydrogen) atoms. The zero-order chi connectivity index (χ0) is 14.7. The first kappa shape index (κ1) is 13.7. The summed E-state index contributed by atoms with van der Waals surface area (Å²) in [6.45, 7) is 7.04. The summed E-state index contributed by atoms with van der Waals surface area (Å²) in [4.78, 5) is 4.31. The third-order valence-electron chi connectivity index (χ3n) is 3.23. The lowest BCUT2D eigenvalue weighted by atomic mass is 10.2. The summed E-state index contributed by atoms with van der Waals surface area (Å²) < 4.78 is 13.0. The second-order valence-corrected chi connectivity index (χ2v) is 5.46. The van der Waals surface area contributed by atoms with Gasteiger partial charge in [-0.3, -0.25) is 0 Å². The summed E-state index contributed by atoms with van der Waals surface area (Å²) in [5, 5.41) is 7.61. The Balaban J connectivity index is 1.66. The first-order valence-corrected chi connectivity index (χ1v) is 7.22. The average molecular weight is 288 g/mol. The highest BCUT2D eigenvalue weighted by molar-refractivity contribution is 5.55. The maximum atomic E-state index is 5.58.